The highest BCUT2D eigenvalue weighted by Crippen LogP contribution is 2.47. The molecular weight excluding hydrogens is 636 g/mol. The lowest BCUT2D eigenvalue weighted by Crippen LogP contribution is -2.55. The number of piperidine rings is 1. The first-order valence-corrected chi connectivity index (χ1v) is 20.8. The van der Waals surface area contributed by atoms with E-state index in [-0.39, 0.29) is 48.9 Å². The first-order chi connectivity index (χ1) is 23.6. The van der Waals surface area contributed by atoms with Gasteiger partial charge in [0.15, 0.2) is 0 Å². The van der Waals surface area contributed by atoms with Crippen LogP contribution in [0.4, 0.5) is 15.5 Å². The molecule has 0 aliphatic carbocycles. The third-order valence-electron chi connectivity index (χ3n) is 10.9. The van der Waals surface area contributed by atoms with Gasteiger partial charge in [-0.1, -0.05) is 67.6 Å². The van der Waals surface area contributed by atoms with E-state index in [1.54, 1.807) is 18.0 Å². The number of aliphatic hydroxyl groups excluding tert-OH is 1. The number of halogens is 1. The molecule has 3 aliphatic heterocycles. The van der Waals surface area contributed by atoms with Gasteiger partial charge in [-0.05, 0) is 93.2 Å². The van der Waals surface area contributed by atoms with Crippen molar-refractivity contribution >= 4 is 31.6 Å². The van der Waals surface area contributed by atoms with Gasteiger partial charge in [0.25, 0.3) is 5.91 Å². The minimum absolute atomic E-state index is 0.0348. The number of benzene rings is 3. The first-order valence-electron chi connectivity index (χ1n) is 17.8. The zero-order chi connectivity index (χ0) is 34.6. The lowest BCUT2D eigenvalue weighted by atomic mass is 9.86. The van der Waals surface area contributed by atoms with E-state index < -0.39 is 20.1 Å². The van der Waals surface area contributed by atoms with Gasteiger partial charge >= 0.3 is 0 Å². The number of hydrogen-bond acceptors (Lipinski definition) is 6. The summed E-state index contributed by atoms with van der Waals surface area (Å²) in [5.74, 6) is -0.0128. The highest BCUT2D eigenvalue weighted by molar-refractivity contribution is 6.72. The van der Waals surface area contributed by atoms with Gasteiger partial charge in [-0.2, -0.15) is 0 Å². The van der Waals surface area contributed by atoms with E-state index in [9.17, 15) is 14.7 Å². The lowest BCUT2D eigenvalue weighted by molar-refractivity contribution is -0.135. The molecule has 3 aromatic rings. The van der Waals surface area contributed by atoms with Gasteiger partial charge in [-0.25, -0.2) is 0 Å². The van der Waals surface area contributed by atoms with Crippen LogP contribution in [0.15, 0.2) is 84.9 Å². The van der Waals surface area contributed by atoms with Crippen molar-refractivity contribution in [1.82, 2.24) is 10.2 Å². The van der Waals surface area contributed by atoms with E-state index in [0.717, 1.165) is 48.4 Å². The molecule has 0 bridgehead atoms. The second-order valence-corrected chi connectivity index (χ2v) is 18.3. The zero-order valence-electron chi connectivity index (χ0n) is 29.1. The van der Waals surface area contributed by atoms with Gasteiger partial charge in [0.05, 0.1) is 31.9 Å². The molecule has 3 aliphatic rings. The van der Waals surface area contributed by atoms with Crippen molar-refractivity contribution in [2.75, 3.05) is 42.7 Å². The number of ether oxygens (including phenoxy) is 1. The predicted molar refractivity (Wildman–Crippen MR) is 195 cm³/mol. The molecule has 3 saturated heterocycles. The number of carbonyl (C=O) groups excluding carboxylic acids is 2. The third kappa shape index (κ3) is 7.62. The Morgan fingerprint density at radius 1 is 0.980 bits per heavy atom. The highest BCUT2D eigenvalue weighted by Gasteiger charge is 2.54. The number of hydrogen-bond donors (Lipinski definition) is 2. The summed E-state index contributed by atoms with van der Waals surface area (Å²) in [7, 11) is -3.18. The average molecular weight is 687 g/mol. The van der Waals surface area contributed by atoms with E-state index in [1.807, 2.05) is 65.6 Å². The Balaban J connectivity index is 1.14. The van der Waals surface area contributed by atoms with Crippen LogP contribution in [-0.2, 0) is 27.3 Å². The van der Waals surface area contributed by atoms with Crippen molar-refractivity contribution < 1.29 is 23.5 Å². The molecule has 4 atom stereocenters. The molecule has 0 saturated carbocycles. The molecule has 0 aromatic heterocycles. The number of para-hydroxylation sites is 1. The number of anilines is 2. The Morgan fingerprint density at radius 3 is 2.31 bits per heavy atom. The highest BCUT2D eigenvalue weighted by atomic mass is 28.4. The number of amides is 2. The second kappa shape index (κ2) is 15.1. The van der Waals surface area contributed by atoms with E-state index >= 15 is 4.11 Å². The molecule has 3 heterocycles. The van der Waals surface area contributed by atoms with Crippen LogP contribution in [0.2, 0.25) is 18.6 Å². The summed E-state index contributed by atoms with van der Waals surface area (Å²) in [6, 6.07) is 28.2. The van der Waals surface area contributed by atoms with Crippen molar-refractivity contribution in [3.05, 3.63) is 96.1 Å². The maximum absolute atomic E-state index is 15.9. The van der Waals surface area contributed by atoms with E-state index in [4.69, 9.17) is 4.74 Å². The molecule has 6 rings (SSSR count). The summed E-state index contributed by atoms with van der Waals surface area (Å²) in [5, 5.41) is 13.1. The van der Waals surface area contributed by atoms with Gasteiger partial charge in [-0.15, -0.1) is 0 Å². The molecule has 10 heteroatoms. The molecule has 1 spiro atoms. The monoisotopic (exact) mass is 686 g/mol. The van der Waals surface area contributed by atoms with Crippen molar-refractivity contribution in [1.29, 1.82) is 0 Å². The maximum atomic E-state index is 15.9. The van der Waals surface area contributed by atoms with Gasteiger partial charge in [-0.3, -0.25) is 14.5 Å². The van der Waals surface area contributed by atoms with Crippen LogP contribution in [0.3, 0.4) is 0 Å². The summed E-state index contributed by atoms with van der Waals surface area (Å²) in [5.41, 5.74) is 3.16. The van der Waals surface area contributed by atoms with Gasteiger partial charge in [0.1, 0.15) is 5.54 Å². The quantitative estimate of drug-likeness (QED) is 0.182. The molecule has 49 heavy (non-hydrogen) atoms. The molecule has 3 fully saturated rings. The van der Waals surface area contributed by atoms with Crippen LogP contribution < -0.4 is 15.1 Å². The van der Waals surface area contributed by atoms with Crippen LogP contribution in [0, 0.1) is 5.92 Å². The van der Waals surface area contributed by atoms with Gasteiger partial charge in [0.2, 0.25) is 14.3 Å². The SMILES string of the molecule is C[C@@H]1[C@@H]([Si](C)(C)F)[C@H](CC(=O)N(CCO)Cc2ccccc2)O[C@@H]1CCc1cccc(N2CN(c3ccccc3)C3(CCNCC3)C2=O)c1. The molecule has 3 aromatic carbocycles. The van der Waals surface area contributed by atoms with Crippen molar-refractivity contribution in [3.63, 3.8) is 0 Å². The summed E-state index contributed by atoms with van der Waals surface area (Å²) < 4.78 is 22.5. The summed E-state index contributed by atoms with van der Waals surface area (Å²) in [6.45, 7) is 8.10. The number of nitrogens with one attached hydrogen (secondary N) is 1. The summed E-state index contributed by atoms with van der Waals surface area (Å²) in [6.07, 6.45) is 2.34. The number of aryl methyl sites for hydroxylation is 1. The topological polar surface area (TPSA) is 85.4 Å². The minimum atomic E-state index is -3.18. The largest absolute Gasteiger partial charge is 0.395 e. The Kier molecular flexibility index (Phi) is 10.9. The summed E-state index contributed by atoms with van der Waals surface area (Å²) >= 11 is 0. The molecule has 0 radical (unpaired) electrons. The van der Waals surface area contributed by atoms with Crippen molar-refractivity contribution in [3.8, 4) is 0 Å². The molecule has 8 nitrogen and oxygen atoms in total. The van der Waals surface area contributed by atoms with Crippen LogP contribution in [0.25, 0.3) is 0 Å². The smallest absolute Gasteiger partial charge is 0.254 e. The van der Waals surface area contributed by atoms with Gasteiger partial charge in [0, 0.05) is 30.0 Å². The molecular formula is C39H51FN4O4Si. The summed E-state index contributed by atoms with van der Waals surface area (Å²) in [4.78, 5) is 33.6. The molecule has 262 valence electrons. The maximum Gasteiger partial charge on any atom is 0.254 e. The average Bonchev–Trinajstić information content (AvgIpc) is 3.57. The molecule has 2 N–H and O–H groups in total. The fraction of sp³-hybridized carbons (Fsp3) is 0.487. The standard InChI is InChI=1S/C39H51FN4O4Si/c1-29-34(48-35(37(29)49(2,3)40)26-36(46)42(23-24-45)27-31-11-6-4-7-12-31)18-17-30-13-10-16-33(25-30)43-28-44(32-14-8-5-9-15-32)39(38(43)47)19-21-41-22-20-39/h4-16,25,29,34-35,37,41,45H,17-24,26-28H2,1-3H3/t29-,34+,35-,37+/m0/s1. The van der Waals surface area contributed by atoms with Crippen molar-refractivity contribution in [2.45, 2.75) is 82.0 Å². The van der Waals surface area contributed by atoms with E-state index in [1.165, 1.54) is 0 Å². The van der Waals surface area contributed by atoms with Gasteiger partial charge < -0.3 is 29.1 Å². The van der Waals surface area contributed by atoms with Crippen LogP contribution in [0.5, 0.6) is 0 Å². The number of carbonyl (C=O) groups is 2. The van der Waals surface area contributed by atoms with Crippen LogP contribution in [-0.4, -0.2) is 80.9 Å². The van der Waals surface area contributed by atoms with E-state index in [2.05, 4.69) is 41.4 Å². The molecule has 0 unspecified atom stereocenters. The predicted octanol–water partition coefficient (Wildman–Crippen LogP) is 5.91. The Morgan fingerprint density at radius 2 is 1.63 bits per heavy atom. The fourth-order valence-electron chi connectivity index (χ4n) is 8.45. The minimum Gasteiger partial charge on any atom is -0.395 e. The third-order valence-corrected chi connectivity index (χ3v) is 13.4. The first kappa shape index (κ1) is 35.3. The zero-order valence-corrected chi connectivity index (χ0v) is 30.1. The van der Waals surface area contributed by atoms with Crippen molar-refractivity contribution in [2.24, 2.45) is 5.92 Å². The lowest BCUT2D eigenvalue weighted by Gasteiger charge is -2.39. The Labute approximate surface area is 291 Å². The fourth-order valence-corrected chi connectivity index (χ4v) is 11.0. The normalized spacial score (nSPS) is 23.7. The number of nitrogens with zero attached hydrogens (tertiary/aromatic N) is 3. The second-order valence-electron chi connectivity index (χ2n) is 14.5. The number of rotatable bonds is 12. The molecule has 2 amide bonds. The Hall–Kier alpha value is -3.57. The van der Waals surface area contributed by atoms with Crippen LogP contribution >= 0.6 is 0 Å². The van der Waals surface area contributed by atoms with E-state index in [0.29, 0.717) is 26.1 Å². The van der Waals surface area contributed by atoms with Crippen LogP contribution in [0.1, 0.15) is 43.7 Å². The Bertz CT molecular complexity index is 1570. The number of aliphatic hydroxyl groups is 1.